The number of anilines is 4. The minimum Gasteiger partial charge on any atom is -0.478 e. The van der Waals surface area contributed by atoms with Gasteiger partial charge in [-0.1, -0.05) is 41.8 Å². The van der Waals surface area contributed by atoms with E-state index in [1.54, 1.807) is 42.6 Å². The van der Waals surface area contributed by atoms with E-state index in [1.807, 2.05) is 43.5 Å². The third-order valence-electron chi connectivity index (χ3n) is 10.4. The Morgan fingerprint density at radius 3 is 2.06 bits per heavy atom. The number of rotatable bonds is 13. The first-order valence-electron chi connectivity index (χ1n) is 20.1. The quantitative estimate of drug-likeness (QED) is 0.0436. The molecule has 0 saturated heterocycles. The van der Waals surface area contributed by atoms with E-state index < -0.39 is 11.8 Å². The van der Waals surface area contributed by atoms with Crippen molar-refractivity contribution in [2.45, 2.75) is 46.0 Å². The van der Waals surface area contributed by atoms with Gasteiger partial charge in [0.25, 0.3) is 0 Å². The molecule has 4 heterocycles. The maximum atomic E-state index is 13.6. The lowest BCUT2D eigenvalue weighted by molar-refractivity contribution is 0.0696. The molecule has 1 saturated carbocycles. The van der Waals surface area contributed by atoms with Gasteiger partial charge in [-0.2, -0.15) is 0 Å². The summed E-state index contributed by atoms with van der Waals surface area (Å²) >= 11 is 5.94. The lowest BCUT2D eigenvalue weighted by Crippen LogP contribution is -2.04. The van der Waals surface area contributed by atoms with Gasteiger partial charge in [0.1, 0.15) is 28.5 Å². The number of carboxylic acids is 1. The number of carboxylic acid groups (broad SMARTS) is 1. The fraction of sp³-hybridized carbons (Fsp3) is 0.208. The fourth-order valence-corrected chi connectivity index (χ4v) is 7.16. The number of nitrogens with zero attached hydrogens (tertiary/aromatic N) is 6. The highest BCUT2D eigenvalue weighted by atomic mass is 35.5. The van der Waals surface area contributed by atoms with Gasteiger partial charge in [-0.25, -0.2) is 39.1 Å². The fourth-order valence-electron chi connectivity index (χ4n) is 6.98. The van der Waals surface area contributed by atoms with Crippen LogP contribution in [0.3, 0.4) is 0 Å². The molecule has 1 fully saturated rings. The van der Waals surface area contributed by atoms with Crippen molar-refractivity contribution in [2.24, 2.45) is 5.92 Å². The SMILES string of the molecule is C#Cc1cccc(Nc2nc3cc(C(=O)O)ccc3c3cnc(CCCOCC)nc23)c1.CC(=O)c1ccc2c(c1)nc(Nc1ccc(F)c(Cl)c1)c1nc(CC3CC3)ncc12. The number of hydrogen-bond acceptors (Lipinski definition) is 11. The van der Waals surface area contributed by atoms with Crippen molar-refractivity contribution in [3.8, 4) is 12.3 Å². The zero-order valence-corrected chi connectivity index (χ0v) is 34.6. The van der Waals surface area contributed by atoms with Crippen LogP contribution >= 0.6 is 11.6 Å². The molecule has 9 rings (SSSR count). The lowest BCUT2D eigenvalue weighted by Gasteiger charge is -2.13. The van der Waals surface area contributed by atoms with Crippen LogP contribution in [0.15, 0.2) is 91.3 Å². The second kappa shape index (κ2) is 18.2. The number of halogens is 2. The van der Waals surface area contributed by atoms with E-state index in [2.05, 4.69) is 26.5 Å². The molecule has 12 nitrogen and oxygen atoms in total. The summed E-state index contributed by atoms with van der Waals surface area (Å²) in [6.45, 7) is 4.81. The Labute approximate surface area is 361 Å². The average molecular weight is 847 g/mol. The Morgan fingerprint density at radius 2 is 1.45 bits per heavy atom. The van der Waals surface area contributed by atoms with Gasteiger partial charge in [-0.05, 0) is 93.6 Å². The Morgan fingerprint density at radius 1 is 0.823 bits per heavy atom. The zero-order valence-electron chi connectivity index (χ0n) is 33.9. The Balaban J connectivity index is 0.000000171. The minimum absolute atomic E-state index is 0.0213. The van der Waals surface area contributed by atoms with Crippen LogP contribution in [0.2, 0.25) is 5.02 Å². The summed E-state index contributed by atoms with van der Waals surface area (Å²) < 4.78 is 19.0. The molecular weight excluding hydrogens is 807 g/mol. The lowest BCUT2D eigenvalue weighted by atomic mass is 10.1. The maximum absolute atomic E-state index is 13.6. The second-order valence-electron chi connectivity index (χ2n) is 14.9. The van der Waals surface area contributed by atoms with E-state index in [0.29, 0.717) is 76.3 Å². The van der Waals surface area contributed by atoms with Gasteiger partial charge in [-0.15, -0.1) is 6.42 Å². The number of ketones is 1. The smallest absolute Gasteiger partial charge is 0.335 e. The van der Waals surface area contributed by atoms with Gasteiger partial charge in [0, 0.05) is 82.5 Å². The van der Waals surface area contributed by atoms with Gasteiger partial charge in [-0.3, -0.25) is 4.79 Å². The summed E-state index contributed by atoms with van der Waals surface area (Å²) in [5, 5.41) is 19.2. The van der Waals surface area contributed by atoms with Crippen LogP contribution in [-0.2, 0) is 17.6 Å². The number of pyridine rings is 2. The van der Waals surface area contributed by atoms with Crippen LogP contribution in [0.4, 0.5) is 27.4 Å². The highest BCUT2D eigenvalue weighted by Gasteiger charge is 2.24. The van der Waals surface area contributed by atoms with Crippen LogP contribution < -0.4 is 10.6 Å². The molecule has 0 atom stereocenters. The van der Waals surface area contributed by atoms with Crippen molar-refractivity contribution in [1.82, 2.24) is 29.9 Å². The van der Waals surface area contributed by atoms with Crippen molar-refractivity contribution in [2.75, 3.05) is 23.8 Å². The van der Waals surface area contributed by atoms with Crippen LogP contribution in [-0.4, -0.2) is 60.0 Å². The molecule has 0 bridgehead atoms. The summed E-state index contributed by atoms with van der Waals surface area (Å²) in [6.07, 6.45) is 13.9. The molecule has 0 unspecified atom stereocenters. The number of fused-ring (bicyclic) bond motifs is 6. The molecule has 0 amide bonds. The Kier molecular flexibility index (Phi) is 12.2. The van der Waals surface area contributed by atoms with Crippen molar-refractivity contribution in [3.05, 3.63) is 130 Å². The van der Waals surface area contributed by atoms with Gasteiger partial charge >= 0.3 is 5.97 Å². The van der Waals surface area contributed by atoms with Crippen molar-refractivity contribution >= 4 is 90.0 Å². The number of terminal acetylenes is 1. The number of aromatic nitrogens is 6. The molecule has 1 aliphatic rings. The van der Waals surface area contributed by atoms with Gasteiger partial charge in [0.2, 0.25) is 0 Å². The molecule has 3 N–H and O–H groups in total. The molecule has 62 heavy (non-hydrogen) atoms. The molecule has 14 heteroatoms. The van der Waals surface area contributed by atoms with Gasteiger partial charge in [0.15, 0.2) is 17.4 Å². The molecule has 310 valence electrons. The average Bonchev–Trinajstić information content (AvgIpc) is 4.10. The second-order valence-corrected chi connectivity index (χ2v) is 15.3. The van der Waals surface area contributed by atoms with Crippen molar-refractivity contribution < 1.29 is 23.8 Å². The third-order valence-corrected chi connectivity index (χ3v) is 10.6. The Hall–Kier alpha value is -7.14. The maximum Gasteiger partial charge on any atom is 0.335 e. The topological polar surface area (TPSA) is 165 Å². The zero-order chi connectivity index (χ0) is 43.3. The minimum atomic E-state index is -1.01. The first-order chi connectivity index (χ1) is 30.1. The monoisotopic (exact) mass is 846 g/mol. The summed E-state index contributed by atoms with van der Waals surface area (Å²) in [6, 6.07) is 22.1. The van der Waals surface area contributed by atoms with Crippen molar-refractivity contribution in [1.29, 1.82) is 0 Å². The number of Topliss-reactive ketones (excluding diaryl/α,β-unsaturated/α-hetero) is 1. The molecule has 8 aromatic rings. The van der Waals surface area contributed by atoms with Crippen LogP contribution in [0.5, 0.6) is 0 Å². The van der Waals surface area contributed by atoms with E-state index in [-0.39, 0.29) is 16.4 Å². The van der Waals surface area contributed by atoms with E-state index in [1.165, 1.54) is 31.9 Å². The van der Waals surface area contributed by atoms with E-state index in [9.17, 15) is 19.1 Å². The number of hydrogen-bond donors (Lipinski definition) is 3. The summed E-state index contributed by atoms with van der Waals surface area (Å²) in [5.74, 6) is 4.25. The van der Waals surface area contributed by atoms with E-state index >= 15 is 0 Å². The van der Waals surface area contributed by atoms with Gasteiger partial charge < -0.3 is 20.5 Å². The van der Waals surface area contributed by atoms with Crippen LogP contribution in [0.1, 0.15) is 71.0 Å². The first-order valence-corrected chi connectivity index (χ1v) is 20.5. The number of carbonyl (C=O) groups excluding carboxylic acids is 1. The number of aryl methyl sites for hydroxylation is 1. The standard InChI is InChI=1S/C25H22N4O3.C23H18ClFN4O/c1-3-16-7-5-8-18(13-16)27-24-23-20(15-26-22(29-23)9-6-12-32-4-2)19-11-10-17(25(30)31)14-21(19)28-24;1-12(30)14-4-6-16-17-11-26-21(8-13-2-3-13)29-22(17)23(28-20(16)9-14)27-15-5-7-19(25)18(24)10-15/h1,5,7-8,10-11,13-15H,4,6,9,12H2,2H3,(H,27,28)(H,30,31);4-7,9-11,13H,2-3,8H2,1H3,(H,27,28). The third kappa shape index (κ3) is 9.42. The van der Waals surface area contributed by atoms with E-state index in [0.717, 1.165) is 51.5 Å². The van der Waals surface area contributed by atoms with Crippen molar-refractivity contribution in [3.63, 3.8) is 0 Å². The molecular formula is C48H40ClFN8O4. The van der Waals surface area contributed by atoms with Crippen LogP contribution in [0, 0.1) is 24.1 Å². The molecule has 0 radical (unpaired) electrons. The van der Waals surface area contributed by atoms with E-state index in [4.69, 9.17) is 42.7 Å². The molecule has 1 aliphatic carbocycles. The normalized spacial score (nSPS) is 12.2. The molecule has 4 aromatic carbocycles. The molecule has 0 spiro atoms. The molecule has 4 aromatic heterocycles. The number of nitrogens with one attached hydrogen (secondary N) is 2. The highest BCUT2D eigenvalue weighted by Crippen LogP contribution is 2.35. The summed E-state index contributed by atoms with van der Waals surface area (Å²) in [7, 11) is 0. The van der Waals surface area contributed by atoms with Gasteiger partial charge in [0.05, 0.1) is 21.6 Å². The first kappa shape index (κ1) is 41.6. The predicted octanol–water partition coefficient (Wildman–Crippen LogP) is 10.4. The Bertz CT molecular complexity index is 3080. The summed E-state index contributed by atoms with van der Waals surface area (Å²) in [5.41, 5.74) is 5.38. The number of ether oxygens (including phenoxy) is 1. The molecule has 0 aliphatic heterocycles. The predicted molar refractivity (Wildman–Crippen MR) is 240 cm³/mol. The number of carbonyl (C=O) groups is 2. The largest absolute Gasteiger partial charge is 0.478 e. The van der Waals surface area contributed by atoms with Crippen LogP contribution in [0.25, 0.3) is 43.6 Å². The number of benzene rings is 4. The highest BCUT2D eigenvalue weighted by molar-refractivity contribution is 6.31. The summed E-state index contributed by atoms with van der Waals surface area (Å²) in [4.78, 5) is 51.4. The number of aromatic carboxylic acids is 1.